The van der Waals surface area contributed by atoms with Crippen LogP contribution in [0.2, 0.25) is 0 Å². The maximum atomic E-state index is 13.2. The maximum Gasteiger partial charge on any atom is 0.416 e. The number of aliphatic carboxylic acids is 2. The van der Waals surface area contributed by atoms with Gasteiger partial charge in [0.15, 0.2) is 4.90 Å². The average Bonchev–Trinajstić information content (AvgIpc) is 2.79. The number of nitro benzene ring substituents is 1. The van der Waals surface area contributed by atoms with E-state index in [1.54, 1.807) is 4.90 Å². The van der Waals surface area contributed by atoms with E-state index in [1.165, 1.54) is 36.4 Å². The standard InChI is InChI=1S/C18H18F3N3O4S.C2H2O4/c19-18(20,21)15-6-2-1-5-14(15)13-22-9-11-23(12-10-22)29(27,28)17-8-4-3-7-16(17)24(25)26;3-1(4)2(5)6/h1-8H,9-13H2;(H,3,4)(H,5,6). The molecule has 0 saturated carbocycles. The topological polar surface area (TPSA) is 158 Å². The predicted octanol–water partition coefficient (Wildman–Crippen LogP) is 2.28. The smallest absolute Gasteiger partial charge is 0.416 e. The number of benzene rings is 2. The van der Waals surface area contributed by atoms with Gasteiger partial charge in [-0.2, -0.15) is 17.5 Å². The van der Waals surface area contributed by atoms with Crippen molar-refractivity contribution in [2.75, 3.05) is 26.2 Å². The second-order valence-corrected chi connectivity index (χ2v) is 9.08. The molecule has 2 aromatic carbocycles. The monoisotopic (exact) mass is 519 g/mol. The molecule has 2 aromatic rings. The highest BCUT2D eigenvalue weighted by atomic mass is 32.2. The molecule has 0 aromatic heterocycles. The molecular formula is C20H20F3N3O8S. The van der Waals surface area contributed by atoms with Gasteiger partial charge < -0.3 is 10.2 Å². The summed E-state index contributed by atoms with van der Waals surface area (Å²) in [4.78, 5) is 29.9. The van der Waals surface area contributed by atoms with E-state index in [1.807, 2.05) is 0 Å². The Morgan fingerprint density at radius 1 is 0.943 bits per heavy atom. The molecule has 190 valence electrons. The third-order valence-corrected chi connectivity index (χ3v) is 6.86. The molecule has 0 spiro atoms. The molecule has 0 atom stereocenters. The van der Waals surface area contributed by atoms with Crippen molar-refractivity contribution < 1.29 is 46.3 Å². The highest BCUT2D eigenvalue weighted by molar-refractivity contribution is 7.89. The van der Waals surface area contributed by atoms with Gasteiger partial charge in [0.1, 0.15) is 0 Å². The predicted molar refractivity (Wildman–Crippen MR) is 114 cm³/mol. The number of nitro groups is 1. The molecule has 0 aliphatic carbocycles. The summed E-state index contributed by atoms with van der Waals surface area (Å²) in [5.41, 5.74) is -1.10. The molecule has 35 heavy (non-hydrogen) atoms. The van der Waals surface area contributed by atoms with Crippen LogP contribution < -0.4 is 0 Å². The summed E-state index contributed by atoms with van der Waals surface area (Å²) in [5, 5.41) is 25.9. The van der Waals surface area contributed by atoms with Gasteiger partial charge in [0.25, 0.3) is 5.69 Å². The van der Waals surface area contributed by atoms with Crippen molar-refractivity contribution in [1.29, 1.82) is 0 Å². The van der Waals surface area contributed by atoms with E-state index in [0.29, 0.717) is 0 Å². The lowest BCUT2D eigenvalue weighted by molar-refractivity contribution is -0.387. The molecule has 1 fully saturated rings. The molecule has 1 aliphatic rings. The summed E-state index contributed by atoms with van der Waals surface area (Å²) in [5.74, 6) is -3.65. The number of carboxylic acid groups (broad SMARTS) is 2. The lowest BCUT2D eigenvalue weighted by Gasteiger charge is -2.34. The summed E-state index contributed by atoms with van der Waals surface area (Å²) in [7, 11) is -4.08. The molecule has 15 heteroatoms. The number of hydrogen-bond donors (Lipinski definition) is 2. The number of carboxylic acids is 2. The molecule has 0 amide bonds. The van der Waals surface area contributed by atoms with E-state index in [4.69, 9.17) is 19.8 Å². The zero-order valence-electron chi connectivity index (χ0n) is 17.9. The lowest BCUT2D eigenvalue weighted by Crippen LogP contribution is -2.48. The first-order valence-corrected chi connectivity index (χ1v) is 11.3. The normalized spacial score (nSPS) is 15.1. The zero-order valence-corrected chi connectivity index (χ0v) is 18.7. The van der Waals surface area contributed by atoms with Gasteiger partial charge in [0.2, 0.25) is 10.0 Å². The Bertz CT molecular complexity index is 1180. The molecule has 11 nitrogen and oxygen atoms in total. The van der Waals surface area contributed by atoms with Crippen LogP contribution in [0, 0.1) is 10.1 Å². The Hall–Kier alpha value is -3.56. The van der Waals surface area contributed by atoms with Gasteiger partial charge >= 0.3 is 18.1 Å². The molecule has 2 N–H and O–H groups in total. The van der Waals surface area contributed by atoms with Gasteiger partial charge in [0.05, 0.1) is 10.5 Å². The second-order valence-electron chi connectivity index (χ2n) is 7.17. The third-order valence-electron chi connectivity index (χ3n) is 4.91. The van der Waals surface area contributed by atoms with Crippen molar-refractivity contribution in [3.8, 4) is 0 Å². The molecule has 1 saturated heterocycles. The minimum atomic E-state index is -4.46. The number of sulfonamides is 1. The number of halogens is 3. The number of rotatable bonds is 5. The van der Waals surface area contributed by atoms with Crippen LogP contribution in [-0.4, -0.2) is 70.9 Å². The highest BCUT2D eigenvalue weighted by Crippen LogP contribution is 2.33. The van der Waals surface area contributed by atoms with Crippen molar-refractivity contribution in [1.82, 2.24) is 9.21 Å². The molecule has 3 rings (SSSR count). The lowest BCUT2D eigenvalue weighted by atomic mass is 10.1. The fourth-order valence-electron chi connectivity index (χ4n) is 3.27. The first-order valence-electron chi connectivity index (χ1n) is 9.82. The molecule has 0 bridgehead atoms. The van der Waals surface area contributed by atoms with Gasteiger partial charge in [-0.3, -0.25) is 15.0 Å². The summed E-state index contributed by atoms with van der Waals surface area (Å²) < 4.78 is 66.2. The molecule has 0 unspecified atom stereocenters. The summed E-state index contributed by atoms with van der Waals surface area (Å²) >= 11 is 0. The van der Waals surface area contributed by atoms with Crippen molar-refractivity contribution >= 4 is 27.6 Å². The van der Waals surface area contributed by atoms with Crippen molar-refractivity contribution in [2.24, 2.45) is 0 Å². The Kier molecular flexibility index (Phi) is 8.89. The maximum absolute atomic E-state index is 13.2. The largest absolute Gasteiger partial charge is 0.473 e. The van der Waals surface area contributed by atoms with E-state index >= 15 is 0 Å². The number of hydrogen-bond acceptors (Lipinski definition) is 7. The summed E-state index contributed by atoms with van der Waals surface area (Å²) in [6.07, 6.45) is -4.46. The first kappa shape index (κ1) is 27.7. The van der Waals surface area contributed by atoms with Crippen molar-refractivity contribution in [2.45, 2.75) is 17.6 Å². The third kappa shape index (κ3) is 7.21. The number of carbonyl (C=O) groups is 2. The van der Waals surface area contributed by atoms with Gasteiger partial charge in [-0.25, -0.2) is 18.0 Å². The van der Waals surface area contributed by atoms with Gasteiger partial charge in [-0.1, -0.05) is 30.3 Å². The van der Waals surface area contributed by atoms with E-state index < -0.39 is 44.3 Å². The molecule has 1 aliphatic heterocycles. The van der Waals surface area contributed by atoms with Crippen LogP contribution in [0.15, 0.2) is 53.4 Å². The first-order chi connectivity index (χ1) is 16.2. The van der Waals surface area contributed by atoms with Crippen LogP contribution in [-0.2, 0) is 32.3 Å². The van der Waals surface area contributed by atoms with Crippen LogP contribution in [0.5, 0.6) is 0 Å². The second kappa shape index (κ2) is 11.2. The van der Waals surface area contributed by atoms with Crippen LogP contribution in [0.3, 0.4) is 0 Å². The Morgan fingerprint density at radius 2 is 1.46 bits per heavy atom. The Balaban J connectivity index is 0.000000641. The Labute approximate surface area is 197 Å². The minimum absolute atomic E-state index is 0.0303. The quantitative estimate of drug-likeness (QED) is 0.343. The van der Waals surface area contributed by atoms with Crippen molar-refractivity contribution in [3.05, 3.63) is 69.8 Å². The Morgan fingerprint density at radius 3 is 1.97 bits per heavy atom. The summed E-state index contributed by atoms with van der Waals surface area (Å²) in [6.45, 7) is 0.526. The van der Waals surface area contributed by atoms with E-state index in [-0.39, 0.29) is 43.2 Å². The van der Waals surface area contributed by atoms with Crippen LogP contribution in [0.25, 0.3) is 0 Å². The SMILES string of the molecule is O=C(O)C(=O)O.O=[N+]([O-])c1ccccc1S(=O)(=O)N1CCN(Cc2ccccc2C(F)(F)F)CC1. The minimum Gasteiger partial charge on any atom is -0.473 e. The number of alkyl halides is 3. The number of nitrogens with zero attached hydrogens (tertiary/aromatic N) is 3. The van der Waals surface area contributed by atoms with Crippen LogP contribution >= 0.6 is 0 Å². The van der Waals surface area contributed by atoms with Gasteiger partial charge in [-0.15, -0.1) is 0 Å². The van der Waals surface area contributed by atoms with E-state index in [9.17, 15) is 31.7 Å². The van der Waals surface area contributed by atoms with Crippen molar-refractivity contribution in [3.63, 3.8) is 0 Å². The molecule has 1 heterocycles. The van der Waals surface area contributed by atoms with Gasteiger partial charge in [0, 0.05) is 38.8 Å². The summed E-state index contributed by atoms with van der Waals surface area (Å²) in [6, 6.07) is 10.4. The molecular weight excluding hydrogens is 499 g/mol. The fourth-order valence-corrected chi connectivity index (χ4v) is 4.85. The number of piperazine rings is 1. The number of para-hydroxylation sites is 1. The average molecular weight is 519 g/mol. The highest BCUT2D eigenvalue weighted by Gasteiger charge is 2.35. The molecule has 0 radical (unpaired) electrons. The van der Waals surface area contributed by atoms with Crippen LogP contribution in [0.4, 0.5) is 18.9 Å². The van der Waals surface area contributed by atoms with Gasteiger partial charge in [-0.05, 0) is 17.7 Å². The fraction of sp³-hybridized carbons (Fsp3) is 0.300. The van der Waals surface area contributed by atoms with E-state index in [0.717, 1.165) is 16.4 Å². The van der Waals surface area contributed by atoms with E-state index in [2.05, 4.69) is 0 Å². The zero-order chi connectivity index (χ0) is 26.4. The van der Waals surface area contributed by atoms with Crippen LogP contribution in [0.1, 0.15) is 11.1 Å².